The molecule has 0 radical (unpaired) electrons. The summed E-state index contributed by atoms with van der Waals surface area (Å²) < 4.78 is 0. The molecule has 0 saturated heterocycles. The molecule has 0 aromatic rings. The van der Waals surface area contributed by atoms with Crippen LogP contribution in [0.15, 0.2) is 11.6 Å². The number of aliphatic hydroxyl groups is 2. The quantitative estimate of drug-likeness (QED) is 0.723. The minimum Gasteiger partial charge on any atom is -0.393 e. The molecule has 0 spiro atoms. The summed E-state index contributed by atoms with van der Waals surface area (Å²) in [5.74, 6) is 1.79. The number of carbonyl (C=O) groups excluding carboxylic acids is 1. The molecule has 0 aliphatic heterocycles. The number of fused-ring (bicyclic) bond motifs is 5. The lowest BCUT2D eigenvalue weighted by Gasteiger charge is -2.58. The summed E-state index contributed by atoms with van der Waals surface area (Å²) in [5.41, 5.74) is 1.04. The number of aliphatic hydroxyl groups excluding tert-OH is 2. The van der Waals surface area contributed by atoms with E-state index in [1.54, 1.807) is 6.08 Å². The van der Waals surface area contributed by atoms with Crippen LogP contribution >= 0.6 is 0 Å². The van der Waals surface area contributed by atoms with Crippen molar-refractivity contribution < 1.29 is 15.0 Å². The molecule has 22 heavy (non-hydrogen) atoms. The Hall–Kier alpha value is -0.670. The van der Waals surface area contributed by atoms with Crippen LogP contribution in [-0.2, 0) is 4.79 Å². The predicted molar refractivity (Wildman–Crippen MR) is 84.1 cm³/mol. The lowest BCUT2D eigenvalue weighted by Crippen LogP contribution is -2.54. The first-order chi connectivity index (χ1) is 10.4. The van der Waals surface area contributed by atoms with Gasteiger partial charge in [0.2, 0.25) is 0 Å². The molecular weight excluding hydrogens is 276 g/mol. The van der Waals surface area contributed by atoms with Crippen molar-refractivity contribution >= 4 is 5.78 Å². The van der Waals surface area contributed by atoms with Crippen molar-refractivity contribution in [2.24, 2.45) is 28.6 Å². The Morgan fingerprint density at radius 3 is 2.64 bits per heavy atom. The monoisotopic (exact) mass is 304 g/mol. The molecule has 122 valence electrons. The lowest BCUT2D eigenvalue weighted by molar-refractivity contribution is -0.120. The molecule has 0 amide bonds. The second-order valence-electron chi connectivity index (χ2n) is 8.75. The molecule has 2 N–H and O–H groups in total. The zero-order valence-electron chi connectivity index (χ0n) is 13.7. The van der Waals surface area contributed by atoms with E-state index in [4.69, 9.17) is 0 Å². The Labute approximate surface area is 132 Å². The fourth-order valence-corrected chi connectivity index (χ4v) is 6.58. The van der Waals surface area contributed by atoms with Crippen LogP contribution in [-0.4, -0.2) is 28.2 Å². The Morgan fingerprint density at radius 2 is 1.86 bits per heavy atom. The summed E-state index contributed by atoms with van der Waals surface area (Å²) in [6.45, 7) is 4.54. The van der Waals surface area contributed by atoms with Crippen LogP contribution in [0.3, 0.4) is 0 Å². The third kappa shape index (κ3) is 1.78. The van der Waals surface area contributed by atoms with Crippen LogP contribution in [0.25, 0.3) is 0 Å². The number of hydrogen-bond acceptors (Lipinski definition) is 3. The van der Waals surface area contributed by atoms with E-state index in [9.17, 15) is 15.0 Å². The van der Waals surface area contributed by atoms with E-state index in [0.29, 0.717) is 24.2 Å². The van der Waals surface area contributed by atoms with Crippen LogP contribution in [0.2, 0.25) is 0 Å². The largest absolute Gasteiger partial charge is 0.393 e. The normalized spacial score (nSPS) is 54.3. The van der Waals surface area contributed by atoms with Gasteiger partial charge in [0.15, 0.2) is 5.78 Å². The maximum atomic E-state index is 11.8. The van der Waals surface area contributed by atoms with E-state index < -0.39 is 6.10 Å². The van der Waals surface area contributed by atoms with Crippen LogP contribution in [0.1, 0.15) is 58.8 Å². The van der Waals surface area contributed by atoms with Gasteiger partial charge in [-0.05, 0) is 78.8 Å². The van der Waals surface area contributed by atoms with Gasteiger partial charge in [0.25, 0.3) is 0 Å². The first-order valence-electron chi connectivity index (χ1n) is 8.97. The van der Waals surface area contributed by atoms with E-state index in [1.807, 2.05) is 0 Å². The lowest BCUT2D eigenvalue weighted by atomic mass is 9.47. The highest BCUT2D eigenvalue weighted by Gasteiger charge is 2.60. The smallest absolute Gasteiger partial charge is 0.155 e. The van der Waals surface area contributed by atoms with Crippen molar-refractivity contribution in [1.82, 2.24) is 0 Å². The Morgan fingerprint density at radius 1 is 1.09 bits per heavy atom. The third-order valence-electron chi connectivity index (χ3n) is 7.93. The van der Waals surface area contributed by atoms with Crippen molar-refractivity contribution in [3.8, 4) is 0 Å². The predicted octanol–water partition coefficient (Wildman–Crippen LogP) is 2.85. The topological polar surface area (TPSA) is 57.5 Å². The molecule has 3 saturated carbocycles. The fraction of sp³-hybridized carbons (Fsp3) is 0.842. The van der Waals surface area contributed by atoms with Gasteiger partial charge in [-0.1, -0.05) is 13.8 Å². The van der Waals surface area contributed by atoms with Gasteiger partial charge in [-0.15, -0.1) is 0 Å². The summed E-state index contributed by atoms with van der Waals surface area (Å²) in [4.78, 5) is 11.8. The molecule has 7 atom stereocenters. The molecule has 0 bridgehead atoms. The number of ketones is 1. The molecule has 0 heterocycles. The van der Waals surface area contributed by atoms with Gasteiger partial charge < -0.3 is 10.2 Å². The number of hydrogen-bond donors (Lipinski definition) is 2. The highest BCUT2D eigenvalue weighted by Crippen LogP contribution is 2.65. The van der Waals surface area contributed by atoms with Gasteiger partial charge in [0.1, 0.15) is 0 Å². The van der Waals surface area contributed by atoms with E-state index in [1.165, 1.54) is 0 Å². The van der Waals surface area contributed by atoms with Gasteiger partial charge in [-0.2, -0.15) is 0 Å². The van der Waals surface area contributed by atoms with Crippen molar-refractivity contribution in [3.05, 3.63) is 11.6 Å². The second kappa shape index (κ2) is 4.67. The Kier molecular flexibility index (Phi) is 3.16. The van der Waals surface area contributed by atoms with Gasteiger partial charge in [0, 0.05) is 6.42 Å². The average Bonchev–Trinajstić information content (AvgIpc) is 2.77. The minimum absolute atomic E-state index is 0.00881. The molecule has 0 unspecified atom stereocenters. The SMILES string of the molecule is C[C@@]12CC[C@@H]3[C@H](C[C@@H](O)C4=CC(=O)CC[C@]43C)[C@H]1CC[C@H]2O. The van der Waals surface area contributed by atoms with Crippen molar-refractivity contribution in [2.45, 2.75) is 71.0 Å². The minimum atomic E-state index is -0.462. The zero-order valence-corrected chi connectivity index (χ0v) is 13.7. The summed E-state index contributed by atoms with van der Waals surface area (Å²) in [5, 5.41) is 21.2. The Balaban J connectivity index is 1.73. The molecule has 3 fully saturated rings. The summed E-state index contributed by atoms with van der Waals surface area (Å²) in [6, 6.07) is 0. The summed E-state index contributed by atoms with van der Waals surface area (Å²) in [6.07, 6.45) is 7.65. The third-order valence-corrected chi connectivity index (χ3v) is 7.93. The highest BCUT2D eigenvalue weighted by atomic mass is 16.3. The second-order valence-corrected chi connectivity index (χ2v) is 8.75. The summed E-state index contributed by atoms with van der Waals surface area (Å²) in [7, 11) is 0. The van der Waals surface area contributed by atoms with E-state index >= 15 is 0 Å². The number of carbonyl (C=O) groups is 1. The first kappa shape index (κ1) is 14.9. The van der Waals surface area contributed by atoms with Crippen molar-refractivity contribution in [2.75, 3.05) is 0 Å². The van der Waals surface area contributed by atoms with E-state index in [0.717, 1.165) is 44.1 Å². The van der Waals surface area contributed by atoms with E-state index in [-0.39, 0.29) is 22.7 Å². The van der Waals surface area contributed by atoms with Crippen molar-refractivity contribution in [1.29, 1.82) is 0 Å². The molecule has 3 nitrogen and oxygen atoms in total. The van der Waals surface area contributed by atoms with Gasteiger partial charge >= 0.3 is 0 Å². The van der Waals surface area contributed by atoms with Gasteiger partial charge in [-0.3, -0.25) is 4.79 Å². The molecule has 0 aromatic heterocycles. The zero-order chi connectivity index (χ0) is 15.7. The fourth-order valence-electron chi connectivity index (χ4n) is 6.58. The molecule has 4 aliphatic rings. The highest BCUT2D eigenvalue weighted by molar-refractivity contribution is 5.91. The number of rotatable bonds is 0. The van der Waals surface area contributed by atoms with Gasteiger partial charge in [-0.25, -0.2) is 0 Å². The molecule has 3 heteroatoms. The van der Waals surface area contributed by atoms with Crippen LogP contribution in [0, 0.1) is 28.6 Å². The van der Waals surface area contributed by atoms with Crippen LogP contribution in [0.5, 0.6) is 0 Å². The Bertz CT molecular complexity index is 539. The maximum Gasteiger partial charge on any atom is 0.155 e. The maximum absolute atomic E-state index is 11.8. The van der Waals surface area contributed by atoms with Gasteiger partial charge in [0.05, 0.1) is 12.2 Å². The van der Waals surface area contributed by atoms with Crippen molar-refractivity contribution in [3.63, 3.8) is 0 Å². The van der Waals surface area contributed by atoms with Crippen LogP contribution in [0.4, 0.5) is 0 Å². The van der Waals surface area contributed by atoms with E-state index in [2.05, 4.69) is 13.8 Å². The first-order valence-corrected chi connectivity index (χ1v) is 8.97. The average molecular weight is 304 g/mol. The summed E-state index contributed by atoms with van der Waals surface area (Å²) >= 11 is 0. The molecule has 4 aliphatic carbocycles. The molecular formula is C19H28O3. The molecule has 4 rings (SSSR count). The standard InChI is InChI=1S/C19H28O3/c1-18-7-5-11(20)9-15(18)16(21)10-12-13-3-4-17(22)19(13,2)8-6-14(12)18/h9,12-14,16-17,21-22H,3-8,10H2,1-2H3/t12-,13-,14-,16-,17-,18+,19-/m1/s1. The molecule has 0 aromatic carbocycles. The van der Waals surface area contributed by atoms with Crippen LogP contribution < -0.4 is 0 Å².